The van der Waals surface area contributed by atoms with Crippen LogP contribution in [-0.2, 0) is 4.79 Å². The number of aryl methyl sites for hydroxylation is 1. The topological polar surface area (TPSA) is 66.0 Å². The van der Waals surface area contributed by atoms with Crippen LogP contribution >= 0.6 is 11.8 Å². The lowest BCUT2D eigenvalue weighted by atomic mass is 10.2. The lowest BCUT2D eigenvalue weighted by molar-refractivity contribution is -0.136. The highest BCUT2D eigenvalue weighted by Crippen LogP contribution is 2.41. The Hall–Kier alpha value is -1.49. The van der Waals surface area contributed by atoms with Gasteiger partial charge in [-0.3, -0.25) is 4.79 Å². The maximum absolute atomic E-state index is 11.2. The summed E-state index contributed by atoms with van der Waals surface area (Å²) in [5.74, 6) is -0.429. The summed E-state index contributed by atoms with van der Waals surface area (Å²) >= 11 is 1.33. The van der Waals surface area contributed by atoms with Crippen molar-refractivity contribution in [1.82, 2.24) is 9.97 Å². The number of aliphatic carboxylic acids is 1. The standard InChI is InChI=1S/C13H14N2O2S/c1-7-2-5-9-10(6-7)15-13(14-9)18-11(12(16)17)8-3-4-8/h2,5-6,8,11H,3-4H2,1H3,(H,14,15)(H,16,17). The van der Waals surface area contributed by atoms with Gasteiger partial charge in [-0.05, 0) is 43.4 Å². The third-order valence-corrected chi connectivity index (χ3v) is 4.40. The van der Waals surface area contributed by atoms with Crippen LogP contribution in [0, 0.1) is 12.8 Å². The van der Waals surface area contributed by atoms with E-state index in [0.717, 1.165) is 23.9 Å². The highest BCUT2D eigenvalue weighted by molar-refractivity contribution is 8.00. The highest BCUT2D eigenvalue weighted by Gasteiger charge is 2.37. The van der Waals surface area contributed by atoms with Crippen LogP contribution in [-0.4, -0.2) is 26.3 Å². The van der Waals surface area contributed by atoms with E-state index in [1.54, 1.807) is 0 Å². The minimum absolute atomic E-state index is 0.308. The number of carboxylic acids is 1. The molecular formula is C13H14N2O2S. The molecule has 3 rings (SSSR count). The SMILES string of the molecule is Cc1ccc2nc(SC(C(=O)O)C3CC3)[nH]c2c1. The Balaban J connectivity index is 1.87. The number of aromatic nitrogens is 2. The monoisotopic (exact) mass is 262 g/mol. The van der Waals surface area contributed by atoms with Gasteiger partial charge in [-0.2, -0.15) is 0 Å². The van der Waals surface area contributed by atoms with Gasteiger partial charge in [-0.25, -0.2) is 4.98 Å². The Labute approximate surface area is 109 Å². The number of carboxylic acid groups (broad SMARTS) is 1. The van der Waals surface area contributed by atoms with E-state index in [0.29, 0.717) is 11.1 Å². The Kier molecular flexibility index (Phi) is 2.78. The van der Waals surface area contributed by atoms with Gasteiger partial charge in [0.1, 0.15) is 5.25 Å². The van der Waals surface area contributed by atoms with Crippen LogP contribution in [0.15, 0.2) is 23.4 Å². The predicted octanol–water partition coefficient (Wildman–Crippen LogP) is 2.83. The van der Waals surface area contributed by atoms with Crippen molar-refractivity contribution < 1.29 is 9.90 Å². The van der Waals surface area contributed by atoms with Gasteiger partial charge in [0.2, 0.25) is 0 Å². The number of fused-ring (bicyclic) bond motifs is 1. The van der Waals surface area contributed by atoms with E-state index in [4.69, 9.17) is 0 Å². The molecule has 5 heteroatoms. The molecular weight excluding hydrogens is 248 g/mol. The number of hydrogen-bond acceptors (Lipinski definition) is 3. The molecule has 2 aromatic rings. The van der Waals surface area contributed by atoms with Crippen molar-refractivity contribution in [1.29, 1.82) is 0 Å². The van der Waals surface area contributed by atoms with Crippen molar-refractivity contribution in [3.05, 3.63) is 23.8 Å². The van der Waals surface area contributed by atoms with Crippen LogP contribution in [0.2, 0.25) is 0 Å². The van der Waals surface area contributed by atoms with Gasteiger partial charge in [-0.15, -0.1) is 0 Å². The smallest absolute Gasteiger partial charge is 0.317 e. The minimum atomic E-state index is -0.737. The Morgan fingerprint density at radius 3 is 3.00 bits per heavy atom. The normalized spacial score (nSPS) is 16.9. The third kappa shape index (κ3) is 2.22. The van der Waals surface area contributed by atoms with Gasteiger partial charge in [0.25, 0.3) is 0 Å². The molecule has 1 aromatic carbocycles. The molecule has 0 radical (unpaired) electrons. The molecule has 0 amide bonds. The molecule has 0 spiro atoms. The second-order valence-electron chi connectivity index (χ2n) is 4.78. The molecule has 1 aliphatic rings. The number of hydrogen-bond donors (Lipinski definition) is 2. The summed E-state index contributed by atoms with van der Waals surface area (Å²) in [6.07, 6.45) is 2.03. The van der Waals surface area contributed by atoms with Crippen LogP contribution in [0.25, 0.3) is 11.0 Å². The minimum Gasteiger partial charge on any atom is -0.480 e. The van der Waals surface area contributed by atoms with Crippen molar-refractivity contribution in [3.8, 4) is 0 Å². The van der Waals surface area contributed by atoms with E-state index in [1.807, 2.05) is 25.1 Å². The fourth-order valence-electron chi connectivity index (χ4n) is 2.02. The van der Waals surface area contributed by atoms with E-state index in [1.165, 1.54) is 17.3 Å². The fourth-order valence-corrected chi connectivity index (χ4v) is 3.15. The second-order valence-corrected chi connectivity index (χ2v) is 5.91. The lowest BCUT2D eigenvalue weighted by Gasteiger charge is -2.07. The zero-order chi connectivity index (χ0) is 12.7. The summed E-state index contributed by atoms with van der Waals surface area (Å²) in [5, 5.41) is 9.54. The van der Waals surface area contributed by atoms with Crippen molar-refractivity contribution in [2.75, 3.05) is 0 Å². The number of thioether (sulfide) groups is 1. The van der Waals surface area contributed by atoms with Crippen molar-refractivity contribution in [2.45, 2.75) is 30.2 Å². The molecule has 1 heterocycles. The van der Waals surface area contributed by atoms with Gasteiger partial charge in [-0.1, -0.05) is 17.8 Å². The number of carbonyl (C=O) groups is 1. The summed E-state index contributed by atoms with van der Waals surface area (Å²) < 4.78 is 0. The number of rotatable bonds is 4. The first kappa shape index (κ1) is 11.6. The van der Waals surface area contributed by atoms with Crippen molar-refractivity contribution in [3.63, 3.8) is 0 Å². The zero-order valence-electron chi connectivity index (χ0n) is 10.0. The number of nitrogens with one attached hydrogen (secondary N) is 1. The van der Waals surface area contributed by atoms with Gasteiger partial charge in [0, 0.05) is 0 Å². The van der Waals surface area contributed by atoms with E-state index in [9.17, 15) is 9.90 Å². The Morgan fingerprint density at radius 2 is 2.33 bits per heavy atom. The van der Waals surface area contributed by atoms with Gasteiger partial charge in [0.05, 0.1) is 11.0 Å². The predicted molar refractivity (Wildman–Crippen MR) is 70.8 cm³/mol. The summed E-state index contributed by atoms with van der Waals surface area (Å²) in [5.41, 5.74) is 3.03. The second kappa shape index (κ2) is 4.31. The maximum atomic E-state index is 11.2. The van der Waals surface area contributed by atoms with Crippen LogP contribution < -0.4 is 0 Å². The summed E-state index contributed by atoms with van der Waals surface area (Å²) in [4.78, 5) is 18.8. The molecule has 2 N–H and O–H groups in total. The number of nitrogens with zero attached hydrogens (tertiary/aromatic N) is 1. The molecule has 4 nitrogen and oxygen atoms in total. The van der Waals surface area contributed by atoms with Crippen molar-refractivity contribution >= 4 is 28.8 Å². The highest BCUT2D eigenvalue weighted by atomic mass is 32.2. The maximum Gasteiger partial charge on any atom is 0.317 e. The van der Waals surface area contributed by atoms with E-state index in [2.05, 4.69) is 9.97 Å². The van der Waals surface area contributed by atoms with Crippen LogP contribution in [0.5, 0.6) is 0 Å². The van der Waals surface area contributed by atoms with Gasteiger partial charge < -0.3 is 10.1 Å². The molecule has 0 bridgehead atoms. The molecule has 1 unspecified atom stereocenters. The molecule has 1 aliphatic carbocycles. The Bertz CT molecular complexity index is 604. The lowest BCUT2D eigenvalue weighted by Crippen LogP contribution is -2.18. The third-order valence-electron chi connectivity index (χ3n) is 3.15. The quantitative estimate of drug-likeness (QED) is 0.831. The first-order valence-electron chi connectivity index (χ1n) is 5.99. The zero-order valence-corrected chi connectivity index (χ0v) is 10.8. The number of imidazole rings is 1. The summed E-state index contributed by atoms with van der Waals surface area (Å²) in [7, 11) is 0. The summed E-state index contributed by atoms with van der Waals surface area (Å²) in [6, 6.07) is 5.99. The first-order valence-corrected chi connectivity index (χ1v) is 6.87. The molecule has 0 aliphatic heterocycles. The van der Waals surface area contributed by atoms with E-state index >= 15 is 0 Å². The molecule has 1 fully saturated rings. The molecule has 1 saturated carbocycles. The molecule has 1 atom stereocenters. The fraction of sp³-hybridized carbons (Fsp3) is 0.385. The average molecular weight is 262 g/mol. The summed E-state index contributed by atoms with van der Waals surface area (Å²) in [6.45, 7) is 2.03. The van der Waals surface area contributed by atoms with Gasteiger partial charge >= 0.3 is 5.97 Å². The number of benzene rings is 1. The Morgan fingerprint density at radius 1 is 1.56 bits per heavy atom. The largest absolute Gasteiger partial charge is 0.480 e. The van der Waals surface area contributed by atoms with Crippen LogP contribution in [0.3, 0.4) is 0 Å². The molecule has 1 aromatic heterocycles. The molecule has 94 valence electrons. The van der Waals surface area contributed by atoms with Gasteiger partial charge in [0.15, 0.2) is 5.16 Å². The molecule has 18 heavy (non-hydrogen) atoms. The van der Waals surface area contributed by atoms with Crippen molar-refractivity contribution in [2.24, 2.45) is 5.92 Å². The van der Waals surface area contributed by atoms with E-state index in [-0.39, 0.29) is 5.25 Å². The number of aromatic amines is 1. The number of H-pyrrole nitrogens is 1. The molecule has 0 saturated heterocycles. The van der Waals surface area contributed by atoms with E-state index < -0.39 is 5.97 Å². The van der Waals surface area contributed by atoms with Crippen LogP contribution in [0.1, 0.15) is 18.4 Å². The average Bonchev–Trinajstić information content (AvgIpc) is 3.06. The van der Waals surface area contributed by atoms with Crippen LogP contribution in [0.4, 0.5) is 0 Å². The first-order chi connectivity index (χ1) is 8.63.